The number of anilines is 1. The second-order valence-corrected chi connectivity index (χ2v) is 7.10. The van der Waals surface area contributed by atoms with Gasteiger partial charge < -0.3 is 15.0 Å². The Bertz CT molecular complexity index is 592. The van der Waals surface area contributed by atoms with Crippen LogP contribution in [-0.2, 0) is 20.9 Å². The van der Waals surface area contributed by atoms with Crippen molar-refractivity contribution in [3.05, 3.63) is 12.4 Å². The Morgan fingerprint density at radius 3 is 3.04 bits per heavy atom. The van der Waals surface area contributed by atoms with E-state index in [-0.39, 0.29) is 30.3 Å². The molecule has 0 saturated carbocycles. The number of hydrogen-bond acceptors (Lipinski definition) is 4. The number of nitrogens with zero attached hydrogens (tertiary/aromatic N) is 3. The third-order valence-corrected chi connectivity index (χ3v) is 4.51. The molecule has 1 aromatic rings. The summed E-state index contributed by atoms with van der Waals surface area (Å²) in [6.45, 7) is 6.79. The largest absolute Gasteiger partial charge is 0.376 e. The van der Waals surface area contributed by atoms with Gasteiger partial charge in [-0.15, -0.1) is 0 Å². The standard InChI is InChI=1S/C17H26N4O3/c1-12(2)9-20-11-14(7-19-20)21-10-13(6-16(21)22)17(23)18-8-15-4-3-5-24-15/h7,11-13,15H,3-6,8-10H2,1-2H3,(H,18,23)/t13-,15-/m0/s1. The molecule has 7 heteroatoms. The third kappa shape index (κ3) is 3.95. The fourth-order valence-corrected chi connectivity index (χ4v) is 3.26. The van der Waals surface area contributed by atoms with Gasteiger partial charge in [-0.05, 0) is 18.8 Å². The Kier molecular flexibility index (Phi) is 5.18. The predicted molar refractivity (Wildman–Crippen MR) is 89.5 cm³/mol. The summed E-state index contributed by atoms with van der Waals surface area (Å²) in [5.74, 6) is 0.114. The zero-order valence-electron chi connectivity index (χ0n) is 14.4. The van der Waals surface area contributed by atoms with Gasteiger partial charge in [-0.2, -0.15) is 5.10 Å². The van der Waals surface area contributed by atoms with Gasteiger partial charge in [0.1, 0.15) is 0 Å². The van der Waals surface area contributed by atoms with Crippen LogP contribution in [0.4, 0.5) is 5.69 Å². The Balaban J connectivity index is 1.54. The molecule has 0 radical (unpaired) electrons. The summed E-state index contributed by atoms with van der Waals surface area (Å²) in [5, 5.41) is 7.23. The Hall–Kier alpha value is -1.89. The van der Waals surface area contributed by atoms with E-state index in [2.05, 4.69) is 24.3 Å². The highest BCUT2D eigenvalue weighted by atomic mass is 16.5. The molecule has 0 bridgehead atoms. The van der Waals surface area contributed by atoms with Crippen molar-refractivity contribution >= 4 is 17.5 Å². The van der Waals surface area contributed by atoms with Gasteiger partial charge in [0.25, 0.3) is 0 Å². The van der Waals surface area contributed by atoms with Crippen LogP contribution in [0.3, 0.4) is 0 Å². The molecule has 132 valence electrons. The molecular formula is C17H26N4O3. The molecule has 0 aromatic carbocycles. The van der Waals surface area contributed by atoms with Crippen LogP contribution < -0.4 is 10.2 Å². The normalized spacial score (nSPS) is 24.1. The molecule has 0 spiro atoms. The lowest BCUT2D eigenvalue weighted by Gasteiger charge is -2.15. The maximum Gasteiger partial charge on any atom is 0.227 e. The van der Waals surface area contributed by atoms with E-state index in [0.717, 1.165) is 31.7 Å². The van der Waals surface area contributed by atoms with E-state index in [0.29, 0.717) is 19.0 Å². The molecular weight excluding hydrogens is 308 g/mol. The fraction of sp³-hybridized carbons (Fsp3) is 0.706. The monoisotopic (exact) mass is 334 g/mol. The van der Waals surface area contributed by atoms with Crippen molar-refractivity contribution in [2.45, 2.75) is 45.8 Å². The van der Waals surface area contributed by atoms with Crippen LogP contribution in [0, 0.1) is 11.8 Å². The number of hydrogen-bond donors (Lipinski definition) is 1. The van der Waals surface area contributed by atoms with Crippen molar-refractivity contribution in [2.75, 3.05) is 24.6 Å². The van der Waals surface area contributed by atoms with Crippen LogP contribution in [0.1, 0.15) is 33.1 Å². The summed E-state index contributed by atoms with van der Waals surface area (Å²) >= 11 is 0. The molecule has 0 aliphatic carbocycles. The lowest BCUT2D eigenvalue weighted by molar-refractivity contribution is -0.126. The summed E-state index contributed by atoms with van der Waals surface area (Å²) in [4.78, 5) is 26.2. The zero-order valence-corrected chi connectivity index (χ0v) is 14.4. The molecule has 3 heterocycles. The van der Waals surface area contributed by atoms with Gasteiger partial charge in [-0.3, -0.25) is 14.3 Å². The Labute approximate surface area is 142 Å². The van der Waals surface area contributed by atoms with E-state index < -0.39 is 0 Å². The van der Waals surface area contributed by atoms with Crippen molar-refractivity contribution in [1.29, 1.82) is 0 Å². The van der Waals surface area contributed by atoms with Gasteiger partial charge in [0.05, 0.1) is 23.9 Å². The van der Waals surface area contributed by atoms with E-state index in [1.54, 1.807) is 11.1 Å². The average molecular weight is 334 g/mol. The first-order chi connectivity index (χ1) is 11.5. The molecule has 2 fully saturated rings. The van der Waals surface area contributed by atoms with Crippen molar-refractivity contribution in [2.24, 2.45) is 11.8 Å². The summed E-state index contributed by atoms with van der Waals surface area (Å²) in [6, 6.07) is 0. The van der Waals surface area contributed by atoms with Crippen LogP contribution >= 0.6 is 0 Å². The van der Waals surface area contributed by atoms with Crippen LogP contribution in [0.25, 0.3) is 0 Å². The average Bonchev–Trinajstić information content (AvgIpc) is 3.24. The molecule has 24 heavy (non-hydrogen) atoms. The van der Waals surface area contributed by atoms with Gasteiger partial charge in [0, 0.05) is 38.9 Å². The Morgan fingerprint density at radius 2 is 2.33 bits per heavy atom. The van der Waals surface area contributed by atoms with Crippen LogP contribution in [-0.4, -0.2) is 47.4 Å². The van der Waals surface area contributed by atoms with E-state index in [4.69, 9.17) is 4.74 Å². The molecule has 3 rings (SSSR count). The summed E-state index contributed by atoms with van der Waals surface area (Å²) in [7, 11) is 0. The predicted octanol–water partition coefficient (Wildman–Crippen LogP) is 1.19. The first kappa shape index (κ1) is 17.0. The number of carbonyl (C=O) groups is 2. The maximum atomic E-state index is 12.3. The molecule has 2 amide bonds. The van der Waals surface area contributed by atoms with Crippen molar-refractivity contribution < 1.29 is 14.3 Å². The lowest BCUT2D eigenvalue weighted by Crippen LogP contribution is -2.37. The number of aromatic nitrogens is 2. The van der Waals surface area contributed by atoms with Crippen LogP contribution in [0.5, 0.6) is 0 Å². The quantitative estimate of drug-likeness (QED) is 0.848. The van der Waals surface area contributed by atoms with Crippen molar-refractivity contribution in [1.82, 2.24) is 15.1 Å². The minimum Gasteiger partial charge on any atom is -0.376 e. The van der Waals surface area contributed by atoms with Gasteiger partial charge in [-0.25, -0.2) is 0 Å². The van der Waals surface area contributed by atoms with Crippen molar-refractivity contribution in [3.8, 4) is 0 Å². The number of amides is 2. The van der Waals surface area contributed by atoms with Gasteiger partial charge in [0.2, 0.25) is 11.8 Å². The second kappa shape index (κ2) is 7.34. The smallest absolute Gasteiger partial charge is 0.227 e. The fourth-order valence-electron chi connectivity index (χ4n) is 3.26. The minimum absolute atomic E-state index is 0.0173. The third-order valence-electron chi connectivity index (χ3n) is 4.51. The number of carbonyl (C=O) groups excluding carboxylic acids is 2. The lowest BCUT2D eigenvalue weighted by atomic mass is 10.1. The second-order valence-electron chi connectivity index (χ2n) is 7.10. The van der Waals surface area contributed by atoms with Gasteiger partial charge >= 0.3 is 0 Å². The highest BCUT2D eigenvalue weighted by Crippen LogP contribution is 2.25. The van der Waals surface area contributed by atoms with E-state index in [1.165, 1.54) is 0 Å². The molecule has 1 aromatic heterocycles. The number of ether oxygens (including phenoxy) is 1. The molecule has 2 atom stereocenters. The minimum atomic E-state index is -0.299. The number of rotatable bonds is 6. The molecule has 0 unspecified atom stereocenters. The molecule has 2 aliphatic rings. The Morgan fingerprint density at radius 1 is 1.50 bits per heavy atom. The van der Waals surface area contributed by atoms with E-state index in [9.17, 15) is 9.59 Å². The highest BCUT2D eigenvalue weighted by Gasteiger charge is 2.35. The van der Waals surface area contributed by atoms with E-state index >= 15 is 0 Å². The van der Waals surface area contributed by atoms with Gasteiger partial charge in [0.15, 0.2) is 0 Å². The topological polar surface area (TPSA) is 76.5 Å². The molecule has 7 nitrogen and oxygen atoms in total. The maximum absolute atomic E-state index is 12.3. The summed E-state index contributed by atoms with van der Waals surface area (Å²) < 4.78 is 7.35. The van der Waals surface area contributed by atoms with Crippen LogP contribution in [0.2, 0.25) is 0 Å². The molecule has 2 aliphatic heterocycles. The first-order valence-corrected chi connectivity index (χ1v) is 8.75. The van der Waals surface area contributed by atoms with Crippen molar-refractivity contribution in [3.63, 3.8) is 0 Å². The summed E-state index contributed by atoms with van der Waals surface area (Å²) in [5.41, 5.74) is 0.773. The van der Waals surface area contributed by atoms with Gasteiger partial charge in [-0.1, -0.05) is 13.8 Å². The zero-order chi connectivity index (χ0) is 17.1. The van der Waals surface area contributed by atoms with E-state index in [1.807, 2.05) is 10.9 Å². The molecule has 2 saturated heterocycles. The van der Waals surface area contributed by atoms with Crippen LogP contribution in [0.15, 0.2) is 12.4 Å². The number of nitrogens with one attached hydrogen (secondary N) is 1. The first-order valence-electron chi connectivity index (χ1n) is 8.75. The molecule has 1 N–H and O–H groups in total. The summed E-state index contributed by atoms with van der Waals surface area (Å²) in [6.07, 6.45) is 6.00. The highest BCUT2D eigenvalue weighted by molar-refractivity contribution is 6.00. The SMILES string of the molecule is CC(C)Cn1cc(N2C[C@@H](C(=O)NC[C@@H]3CCCO3)CC2=O)cn1.